The minimum Gasteiger partial charge on any atom is -0.387 e. The number of sulfonamides is 1. The molecule has 0 aliphatic carbocycles. The van der Waals surface area contributed by atoms with Gasteiger partial charge in [-0.25, -0.2) is 13.1 Å². The molecule has 1 aromatic carbocycles. The maximum atomic E-state index is 11.7. The summed E-state index contributed by atoms with van der Waals surface area (Å²) in [5.74, 6) is 0. The minimum absolute atomic E-state index is 0.134. The van der Waals surface area contributed by atoms with E-state index in [1.165, 1.54) is 0 Å². The van der Waals surface area contributed by atoms with Crippen LogP contribution in [-0.4, -0.2) is 25.3 Å². The molecular formula is C12H16N2O3S. The number of nitrogens with one attached hydrogen (secondary N) is 1. The lowest BCUT2D eigenvalue weighted by Crippen LogP contribution is -2.35. The van der Waals surface area contributed by atoms with Gasteiger partial charge in [-0.05, 0) is 12.0 Å². The highest BCUT2D eigenvalue weighted by Crippen LogP contribution is 2.12. The average molecular weight is 268 g/mol. The highest BCUT2D eigenvalue weighted by molar-refractivity contribution is 7.90. The molecule has 0 aromatic heterocycles. The summed E-state index contributed by atoms with van der Waals surface area (Å²) in [6, 6.07) is 10.5. The number of benzene rings is 1. The van der Waals surface area contributed by atoms with Crippen LogP contribution < -0.4 is 4.72 Å². The van der Waals surface area contributed by atoms with Gasteiger partial charge in [0.1, 0.15) is 0 Å². The number of hydrogen-bond acceptors (Lipinski definition) is 4. The van der Waals surface area contributed by atoms with Crippen LogP contribution in [-0.2, 0) is 10.0 Å². The Morgan fingerprint density at radius 1 is 1.39 bits per heavy atom. The molecule has 0 radical (unpaired) electrons. The fourth-order valence-electron chi connectivity index (χ4n) is 1.47. The molecule has 6 heteroatoms. The molecule has 2 atom stereocenters. The van der Waals surface area contributed by atoms with Gasteiger partial charge in [0.05, 0.1) is 12.2 Å². The van der Waals surface area contributed by atoms with Crippen LogP contribution in [0.2, 0.25) is 0 Å². The summed E-state index contributed by atoms with van der Waals surface area (Å²) in [6.45, 7) is 1.49. The SMILES string of the molecule is CCC(C#N)S(=O)(=O)NCC(O)c1ccccc1. The number of aliphatic hydroxyl groups is 1. The van der Waals surface area contributed by atoms with Crippen molar-refractivity contribution in [2.45, 2.75) is 24.7 Å². The first-order chi connectivity index (χ1) is 8.51. The smallest absolute Gasteiger partial charge is 0.228 e. The molecule has 0 fully saturated rings. The molecule has 0 aliphatic heterocycles. The molecule has 0 heterocycles. The van der Waals surface area contributed by atoms with Gasteiger partial charge < -0.3 is 5.11 Å². The maximum Gasteiger partial charge on any atom is 0.228 e. The molecule has 18 heavy (non-hydrogen) atoms. The van der Waals surface area contributed by atoms with Gasteiger partial charge in [-0.1, -0.05) is 37.3 Å². The third-order valence-corrected chi connectivity index (χ3v) is 4.31. The van der Waals surface area contributed by atoms with Crippen molar-refractivity contribution in [3.05, 3.63) is 35.9 Å². The first-order valence-electron chi connectivity index (χ1n) is 5.62. The summed E-state index contributed by atoms with van der Waals surface area (Å²) in [5.41, 5.74) is 0.630. The van der Waals surface area contributed by atoms with Crippen molar-refractivity contribution in [2.75, 3.05) is 6.54 Å². The quantitative estimate of drug-likeness (QED) is 0.803. The van der Waals surface area contributed by atoms with E-state index in [4.69, 9.17) is 5.26 Å². The highest BCUT2D eigenvalue weighted by atomic mass is 32.2. The fraction of sp³-hybridized carbons (Fsp3) is 0.417. The Balaban J connectivity index is 2.64. The van der Waals surface area contributed by atoms with E-state index in [0.717, 1.165) is 0 Å². The summed E-state index contributed by atoms with van der Waals surface area (Å²) in [5, 5.41) is 17.4. The number of nitriles is 1. The normalized spacial score (nSPS) is 14.7. The molecule has 2 N–H and O–H groups in total. The van der Waals surface area contributed by atoms with E-state index in [-0.39, 0.29) is 13.0 Å². The van der Waals surface area contributed by atoms with E-state index in [1.807, 2.05) is 6.07 Å². The van der Waals surface area contributed by atoms with Crippen molar-refractivity contribution in [1.82, 2.24) is 4.72 Å². The van der Waals surface area contributed by atoms with Gasteiger partial charge in [0.2, 0.25) is 10.0 Å². The van der Waals surface area contributed by atoms with Gasteiger partial charge in [-0.3, -0.25) is 0 Å². The monoisotopic (exact) mass is 268 g/mol. The molecule has 0 aliphatic rings. The van der Waals surface area contributed by atoms with Gasteiger partial charge in [0.15, 0.2) is 5.25 Å². The summed E-state index contributed by atoms with van der Waals surface area (Å²) in [4.78, 5) is 0. The number of aliphatic hydroxyl groups excluding tert-OH is 1. The number of rotatable bonds is 6. The van der Waals surface area contributed by atoms with E-state index in [2.05, 4.69) is 4.72 Å². The molecule has 0 saturated heterocycles. The zero-order chi connectivity index (χ0) is 13.6. The first-order valence-corrected chi connectivity index (χ1v) is 7.17. The fourth-order valence-corrected chi connectivity index (χ4v) is 2.64. The third-order valence-electron chi connectivity index (χ3n) is 2.55. The molecule has 5 nitrogen and oxygen atoms in total. The Hall–Kier alpha value is -1.42. The zero-order valence-electron chi connectivity index (χ0n) is 10.1. The summed E-state index contributed by atoms with van der Waals surface area (Å²) in [7, 11) is -3.70. The molecule has 0 saturated carbocycles. The standard InChI is InChI=1S/C12H16N2O3S/c1-2-11(8-13)18(16,17)14-9-12(15)10-6-4-3-5-7-10/h3-7,11-12,14-15H,2,9H2,1H3. The van der Waals surface area contributed by atoms with Gasteiger partial charge >= 0.3 is 0 Å². The van der Waals surface area contributed by atoms with E-state index >= 15 is 0 Å². The van der Waals surface area contributed by atoms with Crippen LogP contribution in [0.3, 0.4) is 0 Å². The van der Waals surface area contributed by atoms with Crippen LogP contribution >= 0.6 is 0 Å². The molecule has 1 rings (SSSR count). The number of nitrogens with zero attached hydrogens (tertiary/aromatic N) is 1. The van der Waals surface area contributed by atoms with E-state index < -0.39 is 21.4 Å². The lowest BCUT2D eigenvalue weighted by atomic mass is 10.1. The average Bonchev–Trinajstić information content (AvgIpc) is 2.38. The topological polar surface area (TPSA) is 90.2 Å². The van der Waals surface area contributed by atoms with Gasteiger partial charge in [0, 0.05) is 6.54 Å². The Labute approximate surface area is 107 Å². The summed E-state index contributed by atoms with van der Waals surface area (Å²) < 4.78 is 25.6. The van der Waals surface area contributed by atoms with Crippen molar-refractivity contribution < 1.29 is 13.5 Å². The second-order valence-corrected chi connectivity index (χ2v) is 5.79. The molecular weight excluding hydrogens is 252 g/mol. The van der Waals surface area contributed by atoms with Gasteiger partial charge in [0.25, 0.3) is 0 Å². The van der Waals surface area contributed by atoms with Crippen LogP contribution in [0, 0.1) is 11.3 Å². The van der Waals surface area contributed by atoms with Gasteiger partial charge in [-0.2, -0.15) is 5.26 Å². The highest BCUT2D eigenvalue weighted by Gasteiger charge is 2.23. The third kappa shape index (κ3) is 3.81. The van der Waals surface area contributed by atoms with Crippen LogP contribution in [0.15, 0.2) is 30.3 Å². The first kappa shape index (κ1) is 14.6. The molecule has 2 unspecified atom stereocenters. The molecule has 1 aromatic rings. The summed E-state index contributed by atoms with van der Waals surface area (Å²) >= 11 is 0. The number of hydrogen-bond donors (Lipinski definition) is 2. The van der Waals surface area contributed by atoms with Crippen molar-refractivity contribution in [3.8, 4) is 6.07 Å². The zero-order valence-corrected chi connectivity index (χ0v) is 10.9. The maximum absolute atomic E-state index is 11.7. The molecule has 0 amide bonds. The predicted octanol–water partition coefficient (Wildman–Crippen LogP) is 0.942. The molecule has 0 spiro atoms. The predicted molar refractivity (Wildman–Crippen MR) is 68.0 cm³/mol. The largest absolute Gasteiger partial charge is 0.387 e. The second-order valence-electron chi connectivity index (χ2n) is 3.85. The Morgan fingerprint density at radius 2 is 2.00 bits per heavy atom. The van der Waals surface area contributed by atoms with Crippen molar-refractivity contribution in [2.24, 2.45) is 0 Å². The second kappa shape index (κ2) is 6.50. The molecule has 0 bridgehead atoms. The van der Waals surface area contributed by atoms with Gasteiger partial charge in [-0.15, -0.1) is 0 Å². The minimum atomic E-state index is -3.70. The van der Waals surface area contributed by atoms with Crippen molar-refractivity contribution in [1.29, 1.82) is 5.26 Å². The van der Waals surface area contributed by atoms with E-state index in [9.17, 15) is 13.5 Å². The van der Waals surface area contributed by atoms with Crippen LogP contribution in [0.1, 0.15) is 25.0 Å². The lowest BCUT2D eigenvalue weighted by molar-refractivity contribution is 0.182. The van der Waals surface area contributed by atoms with Crippen LogP contribution in [0.4, 0.5) is 0 Å². The van der Waals surface area contributed by atoms with Crippen LogP contribution in [0.5, 0.6) is 0 Å². The Kier molecular flexibility index (Phi) is 5.28. The van der Waals surface area contributed by atoms with Crippen molar-refractivity contribution >= 4 is 10.0 Å². The Morgan fingerprint density at radius 3 is 2.50 bits per heavy atom. The van der Waals surface area contributed by atoms with E-state index in [1.54, 1.807) is 37.3 Å². The summed E-state index contributed by atoms with van der Waals surface area (Å²) in [6.07, 6.45) is -0.704. The van der Waals surface area contributed by atoms with Crippen LogP contribution in [0.25, 0.3) is 0 Å². The van der Waals surface area contributed by atoms with E-state index in [0.29, 0.717) is 5.56 Å². The Bertz CT molecular complexity index is 508. The van der Waals surface area contributed by atoms with Crippen molar-refractivity contribution in [3.63, 3.8) is 0 Å². The lowest BCUT2D eigenvalue weighted by Gasteiger charge is -2.14. The molecule has 98 valence electrons.